The number of carbonyl (C=O) groups excluding carboxylic acids is 1. The first-order valence-corrected chi connectivity index (χ1v) is 7.21. The van der Waals surface area contributed by atoms with Gasteiger partial charge in [-0.05, 0) is 49.1 Å². The van der Waals surface area contributed by atoms with Gasteiger partial charge < -0.3 is 11.1 Å². The van der Waals surface area contributed by atoms with Crippen molar-refractivity contribution in [3.63, 3.8) is 0 Å². The molecule has 1 unspecified atom stereocenters. The molecule has 0 heterocycles. The van der Waals surface area contributed by atoms with Crippen LogP contribution in [-0.4, -0.2) is 12.5 Å². The molecule has 1 atom stereocenters. The molecule has 3 nitrogen and oxygen atoms in total. The Morgan fingerprint density at radius 1 is 1.10 bits per heavy atom. The lowest BCUT2D eigenvalue weighted by Crippen LogP contribution is -2.31. The summed E-state index contributed by atoms with van der Waals surface area (Å²) in [5.41, 5.74) is 10.0. The fraction of sp³-hybridized carbons (Fsp3) is 0.278. The number of amides is 1. The van der Waals surface area contributed by atoms with Gasteiger partial charge in [-0.15, -0.1) is 0 Å². The van der Waals surface area contributed by atoms with Crippen LogP contribution in [0.1, 0.15) is 16.7 Å². The third kappa shape index (κ3) is 4.43. The molecule has 2 aromatic rings. The lowest BCUT2D eigenvalue weighted by molar-refractivity contribution is -0.119. The molecule has 0 bridgehead atoms. The van der Waals surface area contributed by atoms with Crippen molar-refractivity contribution < 1.29 is 4.79 Å². The van der Waals surface area contributed by atoms with Crippen LogP contribution in [-0.2, 0) is 11.2 Å². The number of hydrogen-bond acceptors (Lipinski definition) is 2. The second-order valence-corrected chi connectivity index (χ2v) is 5.49. The fourth-order valence-corrected chi connectivity index (χ4v) is 2.47. The Hall–Kier alpha value is -2.13. The third-order valence-corrected chi connectivity index (χ3v) is 3.47. The van der Waals surface area contributed by atoms with E-state index in [1.807, 2.05) is 56.3 Å². The number of hydrogen-bond donors (Lipinski definition) is 2. The van der Waals surface area contributed by atoms with Gasteiger partial charge in [0.05, 0.1) is 5.92 Å². The van der Waals surface area contributed by atoms with Crippen molar-refractivity contribution in [3.05, 3.63) is 65.2 Å². The summed E-state index contributed by atoms with van der Waals surface area (Å²) in [7, 11) is 0. The Kier molecular flexibility index (Phi) is 5.12. The van der Waals surface area contributed by atoms with Gasteiger partial charge in [0.2, 0.25) is 5.91 Å². The van der Waals surface area contributed by atoms with E-state index >= 15 is 0 Å². The summed E-state index contributed by atoms with van der Waals surface area (Å²) in [6.45, 7) is 4.38. The Morgan fingerprint density at radius 2 is 1.71 bits per heavy atom. The Bertz CT molecular complexity index is 588. The van der Waals surface area contributed by atoms with Gasteiger partial charge in [0.1, 0.15) is 0 Å². The molecule has 0 radical (unpaired) electrons. The van der Waals surface area contributed by atoms with Gasteiger partial charge in [-0.2, -0.15) is 0 Å². The Balaban J connectivity index is 2.06. The molecule has 2 rings (SSSR count). The number of anilines is 1. The second kappa shape index (κ2) is 7.04. The number of nitrogens with one attached hydrogen (secondary N) is 1. The quantitative estimate of drug-likeness (QED) is 0.885. The topological polar surface area (TPSA) is 55.1 Å². The van der Waals surface area contributed by atoms with E-state index in [1.54, 1.807) is 0 Å². The van der Waals surface area contributed by atoms with Crippen LogP contribution in [0.2, 0.25) is 0 Å². The summed E-state index contributed by atoms with van der Waals surface area (Å²) in [5.74, 6) is -0.237. The van der Waals surface area contributed by atoms with E-state index in [4.69, 9.17) is 5.73 Å². The highest BCUT2D eigenvalue weighted by molar-refractivity contribution is 5.93. The first-order chi connectivity index (χ1) is 10.1. The largest absolute Gasteiger partial charge is 0.330 e. The van der Waals surface area contributed by atoms with Crippen LogP contribution in [0.4, 0.5) is 5.69 Å². The summed E-state index contributed by atoms with van der Waals surface area (Å²) in [5, 5.41) is 2.98. The maximum absolute atomic E-state index is 12.4. The minimum absolute atomic E-state index is 0.0219. The first kappa shape index (κ1) is 15.3. The molecule has 0 spiro atoms. The molecule has 0 saturated heterocycles. The fourth-order valence-electron chi connectivity index (χ4n) is 2.47. The molecule has 3 N–H and O–H groups in total. The van der Waals surface area contributed by atoms with Crippen molar-refractivity contribution >= 4 is 11.6 Å². The zero-order chi connectivity index (χ0) is 15.2. The molecule has 21 heavy (non-hydrogen) atoms. The molecule has 1 amide bonds. The maximum Gasteiger partial charge on any atom is 0.229 e. The first-order valence-electron chi connectivity index (χ1n) is 7.21. The van der Waals surface area contributed by atoms with Crippen LogP contribution in [0.3, 0.4) is 0 Å². The van der Waals surface area contributed by atoms with E-state index in [0.717, 1.165) is 22.4 Å². The molecule has 110 valence electrons. The third-order valence-electron chi connectivity index (χ3n) is 3.47. The molecular formula is C18H22N2O. The average molecular weight is 282 g/mol. The predicted octanol–water partition coefficient (Wildman–Crippen LogP) is 3.06. The van der Waals surface area contributed by atoms with Crippen molar-refractivity contribution in [3.8, 4) is 0 Å². The lowest BCUT2D eigenvalue weighted by atomic mass is 9.98. The van der Waals surface area contributed by atoms with E-state index < -0.39 is 0 Å². The summed E-state index contributed by atoms with van der Waals surface area (Å²) >= 11 is 0. The van der Waals surface area contributed by atoms with Crippen molar-refractivity contribution in [1.29, 1.82) is 0 Å². The van der Waals surface area contributed by atoms with E-state index in [2.05, 4.69) is 11.4 Å². The van der Waals surface area contributed by atoms with Crippen molar-refractivity contribution in [2.24, 2.45) is 11.7 Å². The number of rotatable bonds is 5. The van der Waals surface area contributed by atoms with Gasteiger partial charge in [-0.25, -0.2) is 0 Å². The molecule has 0 fully saturated rings. The second-order valence-electron chi connectivity index (χ2n) is 5.49. The molecule has 0 saturated carbocycles. The molecule has 0 aromatic heterocycles. The van der Waals surface area contributed by atoms with Crippen LogP contribution in [0, 0.1) is 19.8 Å². The van der Waals surface area contributed by atoms with Gasteiger partial charge in [-0.1, -0.05) is 36.4 Å². The van der Waals surface area contributed by atoms with Gasteiger partial charge in [0.25, 0.3) is 0 Å². The zero-order valence-electron chi connectivity index (χ0n) is 12.6. The smallest absolute Gasteiger partial charge is 0.229 e. The number of carbonyl (C=O) groups is 1. The predicted molar refractivity (Wildman–Crippen MR) is 87.2 cm³/mol. The Morgan fingerprint density at radius 3 is 2.29 bits per heavy atom. The van der Waals surface area contributed by atoms with E-state index in [1.165, 1.54) is 0 Å². The van der Waals surface area contributed by atoms with Crippen LogP contribution in [0.25, 0.3) is 0 Å². The number of benzene rings is 2. The van der Waals surface area contributed by atoms with Crippen molar-refractivity contribution in [1.82, 2.24) is 0 Å². The standard InChI is InChI=1S/C18H22N2O/c1-13-8-14(2)10-17(9-13)20-18(21)16(12-19)11-15-6-4-3-5-7-15/h3-10,16H,11-12,19H2,1-2H3,(H,20,21). The molecule has 3 heteroatoms. The van der Waals surface area contributed by atoms with E-state index in [9.17, 15) is 4.79 Å². The van der Waals surface area contributed by atoms with Crippen LogP contribution < -0.4 is 11.1 Å². The molecular weight excluding hydrogens is 260 g/mol. The number of aryl methyl sites for hydroxylation is 2. The zero-order valence-corrected chi connectivity index (χ0v) is 12.6. The van der Waals surface area contributed by atoms with Crippen LogP contribution in [0.15, 0.2) is 48.5 Å². The SMILES string of the molecule is Cc1cc(C)cc(NC(=O)C(CN)Cc2ccccc2)c1. The Labute approximate surface area is 126 Å². The van der Waals surface area contributed by atoms with Crippen LogP contribution >= 0.6 is 0 Å². The molecule has 2 aromatic carbocycles. The van der Waals surface area contributed by atoms with E-state index in [-0.39, 0.29) is 11.8 Å². The monoisotopic (exact) mass is 282 g/mol. The molecule has 0 aliphatic carbocycles. The van der Waals surface area contributed by atoms with Crippen molar-refractivity contribution in [2.45, 2.75) is 20.3 Å². The summed E-state index contributed by atoms with van der Waals surface area (Å²) < 4.78 is 0. The normalized spacial score (nSPS) is 12.0. The number of nitrogens with two attached hydrogens (primary N) is 1. The highest BCUT2D eigenvalue weighted by Crippen LogP contribution is 2.16. The maximum atomic E-state index is 12.4. The van der Waals surface area contributed by atoms with Crippen molar-refractivity contribution in [2.75, 3.05) is 11.9 Å². The highest BCUT2D eigenvalue weighted by atomic mass is 16.1. The van der Waals surface area contributed by atoms with E-state index in [0.29, 0.717) is 13.0 Å². The average Bonchev–Trinajstić information content (AvgIpc) is 2.44. The lowest BCUT2D eigenvalue weighted by Gasteiger charge is -2.15. The van der Waals surface area contributed by atoms with Gasteiger partial charge in [-0.3, -0.25) is 4.79 Å². The summed E-state index contributed by atoms with van der Waals surface area (Å²) in [6.07, 6.45) is 0.661. The van der Waals surface area contributed by atoms with Gasteiger partial charge in [0.15, 0.2) is 0 Å². The van der Waals surface area contributed by atoms with Crippen LogP contribution in [0.5, 0.6) is 0 Å². The molecule has 0 aliphatic heterocycles. The minimum Gasteiger partial charge on any atom is -0.330 e. The minimum atomic E-state index is -0.215. The van der Waals surface area contributed by atoms with Gasteiger partial charge >= 0.3 is 0 Å². The molecule has 0 aliphatic rings. The van der Waals surface area contributed by atoms with Gasteiger partial charge in [0, 0.05) is 12.2 Å². The summed E-state index contributed by atoms with van der Waals surface area (Å²) in [6, 6.07) is 16.0. The highest BCUT2D eigenvalue weighted by Gasteiger charge is 2.17. The summed E-state index contributed by atoms with van der Waals surface area (Å²) in [4.78, 5) is 12.4.